The lowest BCUT2D eigenvalue weighted by Gasteiger charge is -2.23. The van der Waals surface area contributed by atoms with Crippen LogP contribution < -0.4 is 0 Å². The molecule has 0 bridgehead atoms. The molecule has 1 aromatic heterocycles. The molecule has 0 aromatic carbocycles. The highest BCUT2D eigenvalue weighted by Crippen LogP contribution is 2.37. The fraction of sp³-hybridized carbons (Fsp3) is 0.727. The largest absolute Gasteiger partial charge is 0.361 e. The molecule has 1 aliphatic heterocycles. The lowest BCUT2D eigenvalue weighted by atomic mass is 10.0. The van der Waals surface area contributed by atoms with Gasteiger partial charge in [0.25, 0.3) is 0 Å². The van der Waals surface area contributed by atoms with E-state index in [9.17, 15) is 8.42 Å². The van der Waals surface area contributed by atoms with Crippen molar-refractivity contribution in [2.24, 2.45) is 0 Å². The minimum Gasteiger partial charge on any atom is -0.361 e. The van der Waals surface area contributed by atoms with Crippen LogP contribution in [0.1, 0.15) is 42.8 Å². The van der Waals surface area contributed by atoms with Gasteiger partial charge in [0.2, 0.25) is 10.0 Å². The molecule has 0 unspecified atom stereocenters. The van der Waals surface area contributed by atoms with Crippen LogP contribution in [0.2, 0.25) is 0 Å². The van der Waals surface area contributed by atoms with Crippen LogP contribution in [0.4, 0.5) is 0 Å². The van der Waals surface area contributed by atoms with Gasteiger partial charge in [-0.2, -0.15) is 4.31 Å². The standard InChI is InChI=1S/C11H18N2O3S/c1-4-17(14,15)13-7-5-6-10(13)11-8(2)12-16-9(11)3/h10H,4-7H2,1-3H3/t10-/m1/s1. The number of aryl methyl sites for hydroxylation is 2. The van der Waals surface area contributed by atoms with Gasteiger partial charge in [0.15, 0.2) is 0 Å². The number of sulfonamides is 1. The molecule has 5 nitrogen and oxygen atoms in total. The molecule has 0 radical (unpaired) electrons. The van der Waals surface area contributed by atoms with E-state index in [0.29, 0.717) is 6.54 Å². The van der Waals surface area contributed by atoms with Crippen LogP contribution in [0, 0.1) is 13.8 Å². The average molecular weight is 258 g/mol. The van der Waals surface area contributed by atoms with Crippen LogP contribution in [-0.4, -0.2) is 30.2 Å². The molecular formula is C11H18N2O3S. The van der Waals surface area contributed by atoms with Gasteiger partial charge in [0, 0.05) is 12.1 Å². The van der Waals surface area contributed by atoms with Gasteiger partial charge >= 0.3 is 0 Å². The third kappa shape index (κ3) is 2.11. The van der Waals surface area contributed by atoms with Crippen LogP contribution in [0.15, 0.2) is 4.52 Å². The average Bonchev–Trinajstić information content (AvgIpc) is 2.86. The van der Waals surface area contributed by atoms with Crippen molar-refractivity contribution in [3.63, 3.8) is 0 Å². The maximum atomic E-state index is 12.0. The Morgan fingerprint density at radius 2 is 2.18 bits per heavy atom. The van der Waals surface area contributed by atoms with Crippen molar-refractivity contribution in [2.45, 2.75) is 39.7 Å². The summed E-state index contributed by atoms with van der Waals surface area (Å²) in [4.78, 5) is 0. The Bertz CT molecular complexity index is 487. The van der Waals surface area contributed by atoms with Gasteiger partial charge in [-0.05, 0) is 33.6 Å². The number of rotatable bonds is 3. The molecule has 17 heavy (non-hydrogen) atoms. The predicted octanol–water partition coefficient (Wildman–Crippen LogP) is 1.78. The SMILES string of the molecule is CCS(=O)(=O)N1CCC[C@@H]1c1c(C)noc1C. The van der Waals surface area contributed by atoms with Gasteiger partial charge in [-0.15, -0.1) is 0 Å². The predicted molar refractivity (Wildman–Crippen MR) is 64.1 cm³/mol. The Morgan fingerprint density at radius 3 is 2.71 bits per heavy atom. The third-order valence-corrected chi connectivity index (χ3v) is 5.23. The highest BCUT2D eigenvalue weighted by Gasteiger charge is 2.36. The van der Waals surface area contributed by atoms with E-state index >= 15 is 0 Å². The van der Waals surface area contributed by atoms with E-state index in [-0.39, 0.29) is 11.8 Å². The van der Waals surface area contributed by atoms with E-state index in [2.05, 4.69) is 5.16 Å². The maximum Gasteiger partial charge on any atom is 0.214 e. The lowest BCUT2D eigenvalue weighted by molar-refractivity contribution is 0.376. The van der Waals surface area contributed by atoms with E-state index in [1.807, 2.05) is 13.8 Å². The van der Waals surface area contributed by atoms with Crippen molar-refractivity contribution in [3.8, 4) is 0 Å². The first-order valence-electron chi connectivity index (χ1n) is 5.89. The molecule has 1 atom stereocenters. The minimum absolute atomic E-state index is 0.0915. The summed E-state index contributed by atoms with van der Waals surface area (Å²) in [5.41, 5.74) is 1.74. The van der Waals surface area contributed by atoms with E-state index in [0.717, 1.165) is 29.9 Å². The summed E-state index contributed by atoms with van der Waals surface area (Å²) in [5.74, 6) is 0.873. The summed E-state index contributed by atoms with van der Waals surface area (Å²) < 4.78 is 30.7. The summed E-state index contributed by atoms with van der Waals surface area (Å²) in [6.45, 7) is 5.98. The molecule has 2 rings (SSSR count). The van der Waals surface area contributed by atoms with Crippen molar-refractivity contribution < 1.29 is 12.9 Å². The fourth-order valence-corrected chi connectivity index (χ4v) is 3.83. The zero-order valence-corrected chi connectivity index (χ0v) is 11.2. The van der Waals surface area contributed by atoms with E-state index in [1.54, 1.807) is 11.2 Å². The molecule has 1 aromatic rings. The first-order chi connectivity index (χ1) is 7.97. The van der Waals surface area contributed by atoms with Crippen LogP contribution >= 0.6 is 0 Å². The normalized spacial score (nSPS) is 22.2. The van der Waals surface area contributed by atoms with Crippen LogP contribution in [0.25, 0.3) is 0 Å². The van der Waals surface area contributed by atoms with Crippen LogP contribution in [0.3, 0.4) is 0 Å². The van der Waals surface area contributed by atoms with Crippen LogP contribution in [0.5, 0.6) is 0 Å². The van der Waals surface area contributed by atoms with Crippen LogP contribution in [-0.2, 0) is 10.0 Å². The second-order valence-corrected chi connectivity index (χ2v) is 6.62. The molecule has 2 heterocycles. The van der Waals surface area contributed by atoms with Gasteiger partial charge in [0.1, 0.15) is 5.76 Å². The molecule has 96 valence electrons. The first kappa shape index (κ1) is 12.6. The second kappa shape index (κ2) is 4.42. The van der Waals surface area contributed by atoms with Crippen molar-refractivity contribution in [3.05, 3.63) is 17.0 Å². The Labute approximate surface area is 102 Å². The minimum atomic E-state index is -3.14. The smallest absolute Gasteiger partial charge is 0.214 e. The number of nitrogens with zero attached hydrogens (tertiary/aromatic N) is 2. The van der Waals surface area contributed by atoms with E-state index in [4.69, 9.17) is 4.52 Å². The first-order valence-corrected chi connectivity index (χ1v) is 7.50. The van der Waals surface area contributed by atoms with Gasteiger partial charge in [-0.1, -0.05) is 5.16 Å². The summed E-state index contributed by atoms with van der Waals surface area (Å²) in [6.07, 6.45) is 1.75. The Hall–Kier alpha value is -0.880. The van der Waals surface area contributed by atoms with E-state index < -0.39 is 10.0 Å². The Balaban J connectivity index is 2.39. The van der Waals surface area contributed by atoms with Gasteiger partial charge in [-0.3, -0.25) is 0 Å². The van der Waals surface area contributed by atoms with Crippen molar-refractivity contribution in [2.75, 3.05) is 12.3 Å². The Morgan fingerprint density at radius 1 is 1.47 bits per heavy atom. The zero-order chi connectivity index (χ0) is 12.6. The molecule has 6 heteroatoms. The topological polar surface area (TPSA) is 63.4 Å². The molecule has 1 saturated heterocycles. The summed E-state index contributed by atoms with van der Waals surface area (Å²) in [6, 6.07) is -0.0915. The summed E-state index contributed by atoms with van der Waals surface area (Å²) in [7, 11) is -3.14. The summed E-state index contributed by atoms with van der Waals surface area (Å²) >= 11 is 0. The Kier molecular flexibility index (Phi) is 3.27. The van der Waals surface area contributed by atoms with Gasteiger partial charge in [-0.25, -0.2) is 8.42 Å². The molecule has 0 saturated carbocycles. The van der Waals surface area contributed by atoms with Crippen molar-refractivity contribution in [1.29, 1.82) is 0 Å². The molecule has 0 N–H and O–H groups in total. The molecule has 0 aliphatic carbocycles. The fourth-order valence-electron chi connectivity index (χ4n) is 2.49. The maximum absolute atomic E-state index is 12.0. The molecule has 1 fully saturated rings. The second-order valence-electron chi connectivity index (χ2n) is 4.41. The summed E-state index contributed by atoms with van der Waals surface area (Å²) in [5, 5.41) is 3.91. The monoisotopic (exact) mass is 258 g/mol. The molecule has 0 amide bonds. The third-order valence-electron chi connectivity index (χ3n) is 3.35. The number of hydrogen-bond acceptors (Lipinski definition) is 4. The van der Waals surface area contributed by atoms with Gasteiger partial charge in [0.05, 0.1) is 17.5 Å². The molecule has 0 spiro atoms. The quantitative estimate of drug-likeness (QED) is 0.829. The number of hydrogen-bond donors (Lipinski definition) is 0. The zero-order valence-electron chi connectivity index (χ0n) is 10.4. The van der Waals surface area contributed by atoms with Crippen molar-refractivity contribution >= 4 is 10.0 Å². The van der Waals surface area contributed by atoms with Crippen molar-refractivity contribution in [1.82, 2.24) is 9.46 Å². The van der Waals surface area contributed by atoms with E-state index in [1.165, 1.54) is 0 Å². The van der Waals surface area contributed by atoms with Gasteiger partial charge < -0.3 is 4.52 Å². The molecule has 1 aliphatic rings. The highest BCUT2D eigenvalue weighted by atomic mass is 32.2. The lowest BCUT2D eigenvalue weighted by Crippen LogP contribution is -2.32. The molecular weight excluding hydrogens is 240 g/mol. The highest BCUT2D eigenvalue weighted by molar-refractivity contribution is 7.89. The number of aromatic nitrogens is 1.